The first-order valence-corrected chi connectivity index (χ1v) is 6.37. The van der Waals surface area contributed by atoms with E-state index >= 15 is 0 Å². The van der Waals surface area contributed by atoms with Crippen LogP contribution in [0.1, 0.15) is 42.2 Å². The van der Waals surface area contributed by atoms with Crippen LogP contribution >= 0.6 is 0 Å². The number of anilines is 1. The van der Waals surface area contributed by atoms with Crippen molar-refractivity contribution in [2.45, 2.75) is 33.1 Å². The Bertz CT molecular complexity index is 448. The Morgan fingerprint density at radius 1 is 1.56 bits per heavy atom. The molecule has 5 nitrogen and oxygen atoms in total. The van der Waals surface area contributed by atoms with Crippen LogP contribution in [0, 0.1) is 18.8 Å². The number of carboxylic acid groups (broad SMARTS) is 1. The maximum Gasteiger partial charge on any atom is 0.339 e. The quantitative estimate of drug-likeness (QED) is 0.856. The number of aromatic nitrogens is 2. The van der Waals surface area contributed by atoms with Crippen molar-refractivity contribution in [3.8, 4) is 0 Å². The summed E-state index contributed by atoms with van der Waals surface area (Å²) in [5, 5.41) is 12.1. The highest BCUT2D eigenvalue weighted by Crippen LogP contribution is 2.30. The minimum absolute atomic E-state index is 0.162. The van der Waals surface area contributed by atoms with E-state index in [1.54, 1.807) is 6.92 Å². The molecule has 1 aromatic heterocycles. The smallest absolute Gasteiger partial charge is 0.339 e. The van der Waals surface area contributed by atoms with Gasteiger partial charge < -0.3 is 10.4 Å². The summed E-state index contributed by atoms with van der Waals surface area (Å²) in [5.41, 5.74) is 0.662. The van der Waals surface area contributed by atoms with Gasteiger partial charge >= 0.3 is 5.97 Å². The van der Waals surface area contributed by atoms with E-state index in [1.807, 2.05) is 0 Å². The van der Waals surface area contributed by atoms with Gasteiger partial charge in [0, 0.05) is 12.7 Å². The average Bonchev–Trinajstić information content (AvgIpc) is 2.72. The first kappa shape index (κ1) is 12.8. The maximum absolute atomic E-state index is 10.8. The molecule has 2 unspecified atom stereocenters. The van der Waals surface area contributed by atoms with Crippen molar-refractivity contribution in [1.29, 1.82) is 0 Å². The van der Waals surface area contributed by atoms with Crippen molar-refractivity contribution >= 4 is 11.9 Å². The Balaban J connectivity index is 1.94. The molecule has 0 spiro atoms. The molecule has 0 saturated heterocycles. The fraction of sp³-hybridized carbons (Fsp3) is 0.615. The molecule has 1 aromatic rings. The molecule has 18 heavy (non-hydrogen) atoms. The van der Waals surface area contributed by atoms with E-state index in [0.29, 0.717) is 17.6 Å². The zero-order valence-electron chi connectivity index (χ0n) is 10.8. The van der Waals surface area contributed by atoms with E-state index in [-0.39, 0.29) is 5.56 Å². The highest BCUT2D eigenvalue weighted by Gasteiger charge is 2.21. The summed E-state index contributed by atoms with van der Waals surface area (Å²) in [4.78, 5) is 19.0. The van der Waals surface area contributed by atoms with Gasteiger partial charge in [0.25, 0.3) is 0 Å². The average molecular weight is 249 g/mol. The molecule has 0 amide bonds. The highest BCUT2D eigenvalue weighted by atomic mass is 16.4. The molecule has 0 aromatic carbocycles. The van der Waals surface area contributed by atoms with E-state index in [0.717, 1.165) is 12.5 Å². The van der Waals surface area contributed by atoms with Crippen LogP contribution in [0.25, 0.3) is 0 Å². The second kappa shape index (κ2) is 5.33. The molecule has 1 fully saturated rings. The number of carboxylic acids is 1. The lowest BCUT2D eigenvalue weighted by molar-refractivity contribution is 0.0695. The fourth-order valence-electron chi connectivity index (χ4n) is 2.51. The summed E-state index contributed by atoms with van der Waals surface area (Å²) >= 11 is 0. The van der Waals surface area contributed by atoms with Crippen molar-refractivity contribution in [2.24, 2.45) is 11.8 Å². The van der Waals surface area contributed by atoms with Gasteiger partial charge in [0.15, 0.2) is 0 Å². The molecule has 2 N–H and O–H groups in total. The van der Waals surface area contributed by atoms with E-state index in [9.17, 15) is 4.79 Å². The van der Waals surface area contributed by atoms with Gasteiger partial charge in [-0.3, -0.25) is 0 Å². The fourth-order valence-corrected chi connectivity index (χ4v) is 2.51. The number of aromatic carboxylic acids is 1. The Morgan fingerprint density at radius 2 is 2.33 bits per heavy atom. The first-order chi connectivity index (χ1) is 8.56. The number of carbonyl (C=O) groups is 1. The van der Waals surface area contributed by atoms with Crippen LogP contribution in [-0.2, 0) is 0 Å². The van der Waals surface area contributed by atoms with Gasteiger partial charge in [-0.15, -0.1) is 0 Å². The van der Waals surface area contributed by atoms with Crippen LogP contribution < -0.4 is 5.32 Å². The molecule has 0 bridgehead atoms. The van der Waals surface area contributed by atoms with Gasteiger partial charge in [-0.1, -0.05) is 13.3 Å². The second-order valence-corrected chi connectivity index (χ2v) is 5.16. The zero-order chi connectivity index (χ0) is 13.1. The topological polar surface area (TPSA) is 75.1 Å². The number of hydrogen-bond donors (Lipinski definition) is 2. The van der Waals surface area contributed by atoms with Gasteiger partial charge in [0.1, 0.15) is 0 Å². The number of nitrogens with one attached hydrogen (secondary N) is 1. The van der Waals surface area contributed by atoms with E-state index < -0.39 is 5.97 Å². The largest absolute Gasteiger partial charge is 0.478 e. The third kappa shape index (κ3) is 2.97. The van der Waals surface area contributed by atoms with E-state index in [1.165, 1.54) is 25.5 Å². The minimum Gasteiger partial charge on any atom is -0.478 e. The highest BCUT2D eigenvalue weighted by molar-refractivity contribution is 5.88. The Labute approximate surface area is 107 Å². The van der Waals surface area contributed by atoms with E-state index in [2.05, 4.69) is 22.2 Å². The van der Waals surface area contributed by atoms with Gasteiger partial charge in [0.05, 0.1) is 11.3 Å². The second-order valence-electron chi connectivity index (χ2n) is 5.16. The van der Waals surface area contributed by atoms with Crippen LogP contribution in [0.5, 0.6) is 0 Å². The Morgan fingerprint density at radius 3 is 2.89 bits per heavy atom. The lowest BCUT2D eigenvalue weighted by Crippen LogP contribution is -2.14. The molecule has 2 rings (SSSR count). The monoisotopic (exact) mass is 249 g/mol. The van der Waals surface area contributed by atoms with Crippen LogP contribution in [0.15, 0.2) is 6.20 Å². The number of hydrogen-bond acceptors (Lipinski definition) is 4. The third-order valence-electron chi connectivity index (χ3n) is 3.56. The minimum atomic E-state index is -0.983. The molecule has 1 heterocycles. The van der Waals surface area contributed by atoms with Crippen molar-refractivity contribution < 1.29 is 9.90 Å². The summed E-state index contributed by atoms with van der Waals surface area (Å²) in [7, 11) is 0. The van der Waals surface area contributed by atoms with Crippen molar-refractivity contribution in [1.82, 2.24) is 9.97 Å². The van der Waals surface area contributed by atoms with Crippen molar-refractivity contribution in [3.63, 3.8) is 0 Å². The lowest BCUT2D eigenvalue weighted by Gasteiger charge is -2.11. The molecule has 0 aliphatic heterocycles. The Kier molecular flexibility index (Phi) is 3.79. The SMILES string of the molecule is Cc1nc(NCC2CCC(C)C2)ncc1C(=O)O. The summed E-state index contributed by atoms with van der Waals surface area (Å²) in [6.45, 7) is 4.84. The normalized spacial score (nSPS) is 23.0. The number of nitrogens with zero attached hydrogens (tertiary/aromatic N) is 2. The molecule has 1 aliphatic carbocycles. The molecule has 0 radical (unpaired) electrons. The molecule has 5 heteroatoms. The van der Waals surface area contributed by atoms with Crippen molar-refractivity contribution in [3.05, 3.63) is 17.5 Å². The summed E-state index contributed by atoms with van der Waals surface area (Å²) in [6.07, 6.45) is 5.16. The maximum atomic E-state index is 10.8. The molecule has 2 atom stereocenters. The lowest BCUT2D eigenvalue weighted by atomic mass is 10.1. The van der Waals surface area contributed by atoms with Crippen molar-refractivity contribution in [2.75, 3.05) is 11.9 Å². The van der Waals surface area contributed by atoms with Gasteiger partial charge in [-0.2, -0.15) is 0 Å². The molecule has 1 saturated carbocycles. The number of aryl methyl sites for hydroxylation is 1. The van der Waals surface area contributed by atoms with Crippen LogP contribution in [0.3, 0.4) is 0 Å². The molecule has 1 aliphatic rings. The summed E-state index contributed by atoms with van der Waals surface area (Å²) in [5.74, 6) is 1.04. The van der Waals surface area contributed by atoms with Gasteiger partial charge in [-0.05, 0) is 31.6 Å². The van der Waals surface area contributed by atoms with Crippen LogP contribution in [-0.4, -0.2) is 27.6 Å². The van der Waals surface area contributed by atoms with Gasteiger partial charge in [-0.25, -0.2) is 14.8 Å². The standard InChI is InChI=1S/C13H19N3O2/c1-8-3-4-10(5-8)6-14-13-15-7-11(12(17)18)9(2)16-13/h7-8,10H,3-6H2,1-2H3,(H,17,18)(H,14,15,16). The van der Waals surface area contributed by atoms with Gasteiger partial charge in [0.2, 0.25) is 5.95 Å². The molecular weight excluding hydrogens is 230 g/mol. The predicted molar refractivity (Wildman–Crippen MR) is 68.7 cm³/mol. The zero-order valence-corrected chi connectivity index (χ0v) is 10.8. The summed E-state index contributed by atoms with van der Waals surface area (Å²) < 4.78 is 0. The first-order valence-electron chi connectivity index (χ1n) is 6.37. The predicted octanol–water partition coefficient (Wildman–Crippen LogP) is 2.33. The van der Waals surface area contributed by atoms with Crippen LogP contribution in [0.4, 0.5) is 5.95 Å². The molecule has 98 valence electrons. The van der Waals surface area contributed by atoms with Crippen LogP contribution in [0.2, 0.25) is 0 Å². The third-order valence-corrected chi connectivity index (χ3v) is 3.56. The summed E-state index contributed by atoms with van der Waals surface area (Å²) in [6, 6.07) is 0. The van der Waals surface area contributed by atoms with E-state index in [4.69, 9.17) is 5.11 Å². The molecular formula is C13H19N3O2. The Hall–Kier alpha value is -1.65. The number of rotatable bonds is 4.